The van der Waals surface area contributed by atoms with Crippen LogP contribution in [0.4, 0.5) is 35.3 Å². The maximum Gasteiger partial charge on any atom is 0.420 e. The summed E-state index contributed by atoms with van der Waals surface area (Å²) in [5, 5.41) is 2.33. The largest absolute Gasteiger partial charge is 0.464 e. The second-order valence-electron chi connectivity index (χ2n) is 10.6. The molecule has 2 aromatic rings. The fourth-order valence-electron chi connectivity index (χ4n) is 4.33. The number of anilines is 3. The zero-order valence-corrected chi connectivity index (χ0v) is 22.9. The van der Waals surface area contributed by atoms with E-state index in [1.165, 1.54) is 6.92 Å². The summed E-state index contributed by atoms with van der Waals surface area (Å²) in [4.78, 5) is 35.6. The maximum atomic E-state index is 13.0. The van der Waals surface area contributed by atoms with Gasteiger partial charge in [0.05, 0.1) is 6.04 Å². The first-order valence-electron chi connectivity index (χ1n) is 12.6. The molecule has 1 N–H and O–H groups in total. The van der Waals surface area contributed by atoms with Gasteiger partial charge in [0, 0.05) is 44.1 Å². The molecule has 1 saturated heterocycles. The Labute approximate surface area is 229 Å². The quantitative estimate of drug-likeness (QED) is 0.346. The number of hydrogen-bond donors (Lipinski definition) is 1. The van der Waals surface area contributed by atoms with Crippen LogP contribution in [-0.2, 0) is 20.4 Å². The zero-order valence-electron chi connectivity index (χ0n) is 22.1. The second-order valence-corrected chi connectivity index (χ2v) is 11.0. The third-order valence-electron chi connectivity index (χ3n) is 6.30. The summed E-state index contributed by atoms with van der Waals surface area (Å²) in [6.45, 7) is 8.05. The first-order valence-corrected chi connectivity index (χ1v) is 13.0. The van der Waals surface area contributed by atoms with Crippen LogP contribution in [0.1, 0.15) is 57.6 Å². The van der Waals surface area contributed by atoms with Crippen molar-refractivity contribution in [3.8, 4) is 0 Å². The molecule has 1 aromatic heterocycles. The Bertz CT molecular complexity index is 1230. The lowest BCUT2D eigenvalue weighted by molar-refractivity contribution is -0.143. The van der Waals surface area contributed by atoms with Crippen molar-refractivity contribution in [1.82, 2.24) is 14.9 Å². The molecule has 1 amide bonds. The van der Waals surface area contributed by atoms with Gasteiger partial charge in [0.2, 0.25) is 5.95 Å². The number of benzene rings is 1. The number of nitrogens with zero attached hydrogens (tertiary/aromatic N) is 4. The third kappa shape index (κ3) is 7.43. The highest BCUT2D eigenvalue weighted by molar-refractivity contribution is 6.30. The van der Waals surface area contributed by atoms with E-state index in [4.69, 9.17) is 21.1 Å². The molecule has 212 valence electrons. The molecule has 9 nitrogen and oxygen atoms in total. The van der Waals surface area contributed by atoms with Crippen molar-refractivity contribution in [2.24, 2.45) is 0 Å². The van der Waals surface area contributed by atoms with Gasteiger partial charge in [-0.3, -0.25) is 9.69 Å². The SMILES string of the molecule is CC(=O)OC[C@H]1CN(c2ccc(Nc3ncc(C(F)(F)F)c(Cl)n3)c(C3CC3)c2)CCN1C(=O)OC(C)(C)C. The van der Waals surface area contributed by atoms with Crippen LogP contribution in [0.2, 0.25) is 5.15 Å². The van der Waals surface area contributed by atoms with E-state index < -0.39 is 40.6 Å². The molecule has 39 heavy (non-hydrogen) atoms. The van der Waals surface area contributed by atoms with Crippen LogP contribution in [0.3, 0.4) is 0 Å². The molecular formula is C26H31ClF3N5O4. The minimum atomic E-state index is -4.64. The van der Waals surface area contributed by atoms with E-state index in [1.54, 1.807) is 25.7 Å². The predicted molar refractivity (Wildman–Crippen MR) is 139 cm³/mol. The van der Waals surface area contributed by atoms with Crippen LogP contribution >= 0.6 is 11.6 Å². The highest BCUT2D eigenvalue weighted by Gasteiger charge is 2.36. The van der Waals surface area contributed by atoms with Gasteiger partial charge in [-0.15, -0.1) is 0 Å². The molecule has 2 fully saturated rings. The van der Waals surface area contributed by atoms with Crippen LogP contribution in [-0.4, -0.2) is 64.8 Å². The van der Waals surface area contributed by atoms with E-state index in [-0.39, 0.29) is 18.5 Å². The van der Waals surface area contributed by atoms with Gasteiger partial charge in [0.15, 0.2) is 0 Å². The highest BCUT2D eigenvalue weighted by atomic mass is 35.5. The van der Waals surface area contributed by atoms with E-state index in [2.05, 4.69) is 20.2 Å². The third-order valence-corrected chi connectivity index (χ3v) is 6.59. The summed E-state index contributed by atoms with van der Waals surface area (Å²) in [5.41, 5.74) is 0.814. The number of amides is 1. The van der Waals surface area contributed by atoms with Crippen molar-refractivity contribution in [2.75, 3.05) is 36.5 Å². The number of piperazine rings is 1. The minimum absolute atomic E-state index is 0.0323. The second kappa shape index (κ2) is 11.1. The molecule has 13 heteroatoms. The number of rotatable bonds is 6. The predicted octanol–water partition coefficient (Wildman–Crippen LogP) is 5.76. The van der Waals surface area contributed by atoms with Crippen molar-refractivity contribution in [3.05, 3.63) is 40.7 Å². The van der Waals surface area contributed by atoms with Crippen LogP contribution in [0, 0.1) is 0 Å². The van der Waals surface area contributed by atoms with Crippen molar-refractivity contribution in [1.29, 1.82) is 0 Å². The lowest BCUT2D eigenvalue weighted by atomic mass is 10.1. The van der Waals surface area contributed by atoms with E-state index >= 15 is 0 Å². The molecule has 0 radical (unpaired) electrons. The average molecular weight is 570 g/mol. The van der Waals surface area contributed by atoms with Crippen molar-refractivity contribution in [2.45, 2.75) is 64.3 Å². The van der Waals surface area contributed by atoms with Crippen LogP contribution in [0.15, 0.2) is 24.4 Å². The summed E-state index contributed by atoms with van der Waals surface area (Å²) in [6.07, 6.45) is -2.48. The standard InChI is InChI=1S/C26H31ClF3N5O4/c1-15(36)38-14-18-13-34(9-10-35(18)24(37)39-25(2,3)4)17-7-8-21(19(11-17)16-5-6-16)32-23-31-12-20(22(27)33-23)26(28,29)30/h7-8,11-12,16,18H,5-6,9-10,13-14H2,1-4H3,(H,31,32,33)/t18-/m1/s1. The van der Waals surface area contributed by atoms with Crippen LogP contribution < -0.4 is 10.2 Å². The Hall–Kier alpha value is -3.28. The van der Waals surface area contributed by atoms with Gasteiger partial charge < -0.3 is 19.7 Å². The lowest BCUT2D eigenvalue weighted by Gasteiger charge is -2.42. The molecule has 0 unspecified atom stereocenters. The molecule has 1 atom stereocenters. The number of alkyl halides is 3. The number of hydrogen-bond acceptors (Lipinski definition) is 8. The first-order chi connectivity index (χ1) is 18.2. The summed E-state index contributed by atoms with van der Waals surface area (Å²) >= 11 is 5.76. The van der Waals surface area contributed by atoms with Gasteiger partial charge in [-0.2, -0.15) is 13.2 Å². The number of nitrogens with one attached hydrogen (secondary N) is 1. The average Bonchev–Trinajstić information content (AvgIpc) is 3.66. The molecule has 0 bridgehead atoms. The summed E-state index contributed by atoms with van der Waals surface area (Å²) in [7, 11) is 0. The van der Waals surface area contributed by atoms with E-state index in [1.807, 2.05) is 18.2 Å². The fourth-order valence-corrected chi connectivity index (χ4v) is 4.57. The van der Waals surface area contributed by atoms with Gasteiger partial charge >= 0.3 is 18.2 Å². The first kappa shape index (κ1) is 28.7. The van der Waals surface area contributed by atoms with Gasteiger partial charge in [-0.05, 0) is 63.3 Å². The Morgan fingerprint density at radius 2 is 1.90 bits per heavy atom. The fraction of sp³-hybridized carbons (Fsp3) is 0.538. The summed E-state index contributed by atoms with van der Waals surface area (Å²) in [6, 6.07) is 5.32. The number of carbonyl (C=O) groups excluding carboxylic acids is 2. The Morgan fingerprint density at radius 3 is 2.49 bits per heavy atom. The van der Waals surface area contributed by atoms with Crippen LogP contribution in [0.25, 0.3) is 0 Å². The number of esters is 1. The molecule has 1 saturated carbocycles. The topological polar surface area (TPSA) is 96.9 Å². The number of halogens is 4. The van der Waals surface area contributed by atoms with Crippen molar-refractivity contribution < 1.29 is 32.2 Å². The molecular weight excluding hydrogens is 539 g/mol. The normalized spacial score (nSPS) is 18.1. The lowest BCUT2D eigenvalue weighted by Crippen LogP contribution is -2.58. The Morgan fingerprint density at radius 1 is 1.18 bits per heavy atom. The van der Waals surface area contributed by atoms with Gasteiger partial charge in [0.1, 0.15) is 22.9 Å². The number of carbonyl (C=O) groups is 2. The van der Waals surface area contributed by atoms with Crippen molar-refractivity contribution >= 4 is 41.0 Å². The Balaban J connectivity index is 1.54. The van der Waals surface area contributed by atoms with Gasteiger partial charge in [0.25, 0.3) is 0 Å². The van der Waals surface area contributed by atoms with Gasteiger partial charge in [-0.1, -0.05) is 11.6 Å². The van der Waals surface area contributed by atoms with E-state index in [0.717, 1.165) is 24.1 Å². The smallest absolute Gasteiger partial charge is 0.420 e. The molecule has 0 spiro atoms. The number of ether oxygens (including phenoxy) is 2. The molecule has 2 heterocycles. The Kier molecular flexibility index (Phi) is 8.15. The minimum Gasteiger partial charge on any atom is -0.464 e. The summed E-state index contributed by atoms with van der Waals surface area (Å²) < 4.78 is 49.9. The van der Waals surface area contributed by atoms with Gasteiger partial charge in [-0.25, -0.2) is 14.8 Å². The molecule has 1 aliphatic carbocycles. The van der Waals surface area contributed by atoms with Crippen LogP contribution in [0.5, 0.6) is 0 Å². The maximum absolute atomic E-state index is 13.0. The van der Waals surface area contributed by atoms with E-state index in [9.17, 15) is 22.8 Å². The summed E-state index contributed by atoms with van der Waals surface area (Å²) in [5.74, 6) is -0.180. The molecule has 2 aliphatic rings. The number of aromatic nitrogens is 2. The monoisotopic (exact) mass is 569 g/mol. The zero-order chi connectivity index (χ0) is 28.5. The molecule has 1 aliphatic heterocycles. The van der Waals surface area contributed by atoms with Crippen molar-refractivity contribution in [3.63, 3.8) is 0 Å². The molecule has 4 rings (SSSR count). The molecule has 1 aromatic carbocycles. The van der Waals surface area contributed by atoms with E-state index in [0.29, 0.717) is 31.5 Å². The highest BCUT2D eigenvalue weighted by Crippen LogP contribution is 2.45.